The fraction of sp³-hybridized carbons (Fsp3) is 0.800. The average molecular weight is 374 g/mol. The van der Waals surface area contributed by atoms with Gasteiger partial charge in [0.05, 0.1) is 12.6 Å². The van der Waals surface area contributed by atoms with E-state index < -0.39 is 0 Å². The molecule has 3 aliphatic rings. The number of hydrogen-bond donors (Lipinski definition) is 0. The van der Waals surface area contributed by atoms with Crippen molar-refractivity contribution in [2.75, 3.05) is 13.1 Å². The summed E-state index contributed by atoms with van der Waals surface area (Å²) in [4.78, 5) is 33.0. The molecule has 4 rings (SSSR count). The van der Waals surface area contributed by atoms with Gasteiger partial charge in [-0.2, -0.15) is 4.98 Å². The molecule has 2 aliphatic carbocycles. The van der Waals surface area contributed by atoms with E-state index >= 15 is 0 Å². The summed E-state index contributed by atoms with van der Waals surface area (Å²) in [5.41, 5.74) is 0. The second kappa shape index (κ2) is 7.60. The van der Waals surface area contributed by atoms with E-state index in [1.54, 1.807) is 11.8 Å². The van der Waals surface area contributed by atoms with Gasteiger partial charge in [-0.25, -0.2) is 0 Å². The Morgan fingerprint density at radius 3 is 2.74 bits per heavy atom. The Bertz CT molecular complexity index is 703. The van der Waals surface area contributed by atoms with Crippen LogP contribution in [0, 0.1) is 17.8 Å². The fourth-order valence-electron chi connectivity index (χ4n) is 5.35. The molecule has 0 N–H and O–H groups in total. The zero-order valence-electron chi connectivity index (χ0n) is 16.4. The minimum atomic E-state index is -0.00903. The maximum atomic E-state index is 12.8. The van der Waals surface area contributed by atoms with Crippen molar-refractivity contribution in [2.24, 2.45) is 17.8 Å². The quantitative estimate of drug-likeness (QED) is 0.764. The van der Waals surface area contributed by atoms with Crippen molar-refractivity contribution in [2.45, 2.75) is 71.4 Å². The molecule has 7 nitrogen and oxygen atoms in total. The normalized spacial score (nSPS) is 29.5. The summed E-state index contributed by atoms with van der Waals surface area (Å²) >= 11 is 0. The van der Waals surface area contributed by atoms with Crippen LogP contribution in [0.15, 0.2) is 4.52 Å². The SMILES string of the molecule is CCc1nc(CN(C(C)=O)[C@@H]2CCN(C(=O)C[C@H]3C[C@H]4CC[C@H]3C4)C2)no1. The first-order valence-corrected chi connectivity index (χ1v) is 10.4. The maximum absolute atomic E-state index is 12.8. The summed E-state index contributed by atoms with van der Waals surface area (Å²) in [5.74, 6) is 3.62. The first-order valence-electron chi connectivity index (χ1n) is 10.4. The highest BCUT2D eigenvalue weighted by molar-refractivity contribution is 5.77. The molecule has 1 saturated heterocycles. The van der Waals surface area contributed by atoms with E-state index in [0.29, 0.717) is 43.6 Å². The minimum absolute atomic E-state index is 0.00903. The molecule has 27 heavy (non-hydrogen) atoms. The Morgan fingerprint density at radius 1 is 1.26 bits per heavy atom. The molecule has 2 bridgehead atoms. The predicted molar refractivity (Wildman–Crippen MR) is 98.4 cm³/mol. The van der Waals surface area contributed by atoms with Crippen LogP contribution < -0.4 is 0 Å². The number of aryl methyl sites for hydroxylation is 1. The van der Waals surface area contributed by atoms with Crippen LogP contribution in [0.3, 0.4) is 0 Å². The minimum Gasteiger partial charge on any atom is -0.341 e. The third-order valence-electron chi connectivity index (χ3n) is 6.81. The zero-order chi connectivity index (χ0) is 19.0. The van der Waals surface area contributed by atoms with Crippen LogP contribution in [0.4, 0.5) is 0 Å². The van der Waals surface area contributed by atoms with Crippen molar-refractivity contribution in [3.8, 4) is 0 Å². The Labute approximate surface area is 160 Å². The van der Waals surface area contributed by atoms with Crippen LogP contribution in [-0.2, 0) is 22.6 Å². The van der Waals surface area contributed by atoms with Crippen molar-refractivity contribution in [3.05, 3.63) is 11.7 Å². The fourth-order valence-corrected chi connectivity index (χ4v) is 5.35. The van der Waals surface area contributed by atoms with Crippen molar-refractivity contribution in [1.82, 2.24) is 19.9 Å². The Balaban J connectivity index is 1.33. The third-order valence-corrected chi connectivity index (χ3v) is 6.81. The van der Waals surface area contributed by atoms with Crippen LogP contribution in [0.25, 0.3) is 0 Å². The van der Waals surface area contributed by atoms with Gasteiger partial charge in [0.25, 0.3) is 0 Å². The van der Waals surface area contributed by atoms with Gasteiger partial charge in [-0.05, 0) is 43.4 Å². The van der Waals surface area contributed by atoms with Crippen LogP contribution in [0.1, 0.15) is 64.1 Å². The molecule has 148 valence electrons. The molecule has 0 aromatic carbocycles. The van der Waals surface area contributed by atoms with E-state index in [1.165, 1.54) is 25.7 Å². The molecule has 4 atom stereocenters. The predicted octanol–water partition coefficient (Wildman–Crippen LogP) is 2.41. The number of aromatic nitrogens is 2. The maximum Gasteiger partial charge on any atom is 0.226 e. The third kappa shape index (κ3) is 3.87. The topological polar surface area (TPSA) is 79.5 Å². The molecule has 2 heterocycles. The molecule has 1 aromatic heterocycles. The van der Waals surface area contributed by atoms with E-state index in [0.717, 1.165) is 24.8 Å². The lowest BCUT2D eigenvalue weighted by atomic mass is 9.86. The smallest absolute Gasteiger partial charge is 0.226 e. The van der Waals surface area contributed by atoms with E-state index in [2.05, 4.69) is 10.1 Å². The summed E-state index contributed by atoms with van der Waals surface area (Å²) in [6, 6.07) is 0.0371. The first-order chi connectivity index (χ1) is 13.0. The van der Waals surface area contributed by atoms with Gasteiger partial charge in [0.2, 0.25) is 17.7 Å². The highest BCUT2D eigenvalue weighted by Gasteiger charge is 2.41. The van der Waals surface area contributed by atoms with E-state index in [1.807, 2.05) is 11.8 Å². The molecule has 0 radical (unpaired) electrons. The van der Waals surface area contributed by atoms with Crippen molar-refractivity contribution < 1.29 is 14.1 Å². The number of rotatable bonds is 6. The first kappa shape index (κ1) is 18.4. The van der Waals surface area contributed by atoms with Crippen LogP contribution in [0.5, 0.6) is 0 Å². The second-order valence-electron chi connectivity index (χ2n) is 8.53. The molecule has 0 spiro atoms. The largest absolute Gasteiger partial charge is 0.341 e. The standard InChI is InChI=1S/C20H30N4O3/c1-3-19-21-18(22-27-19)12-24(13(2)25)17-6-7-23(11-17)20(26)10-16-9-14-4-5-15(16)8-14/h14-17H,3-12H2,1-2H3/t14-,15-,16+,17+/m0/s1. The van der Waals surface area contributed by atoms with Gasteiger partial charge in [0.15, 0.2) is 5.82 Å². The molecule has 7 heteroatoms. The summed E-state index contributed by atoms with van der Waals surface area (Å²) in [5, 5.41) is 3.96. The number of nitrogens with zero attached hydrogens (tertiary/aromatic N) is 4. The lowest BCUT2D eigenvalue weighted by Crippen LogP contribution is -2.41. The van der Waals surface area contributed by atoms with Crippen molar-refractivity contribution >= 4 is 11.8 Å². The number of amides is 2. The molecule has 3 fully saturated rings. The van der Waals surface area contributed by atoms with Crippen LogP contribution in [0.2, 0.25) is 0 Å². The van der Waals surface area contributed by atoms with E-state index in [4.69, 9.17) is 4.52 Å². The van der Waals surface area contributed by atoms with Crippen molar-refractivity contribution in [1.29, 1.82) is 0 Å². The number of fused-ring (bicyclic) bond motifs is 2. The van der Waals surface area contributed by atoms with Gasteiger partial charge in [0.1, 0.15) is 0 Å². The van der Waals surface area contributed by atoms with Gasteiger partial charge in [0, 0.05) is 32.9 Å². The number of carbonyl (C=O) groups is 2. The van der Waals surface area contributed by atoms with Crippen LogP contribution >= 0.6 is 0 Å². The molecule has 2 amide bonds. The summed E-state index contributed by atoms with van der Waals surface area (Å²) in [7, 11) is 0. The molecule has 1 aromatic rings. The van der Waals surface area contributed by atoms with Gasteiger partial charge < -0.3 is 14.3 Å². The summed E-state index contributed by atoms with van der Waals surface area (Å²) < 4.78 is 5.15. The Hall–Kier alpha value is -1.92. The van der Waals surface area contributed by atoms with Gasteiger partial charge in [-0.1, -0.05) is 18.5 Å². The molecule has 2 saturated carbocycles. The lowest BCUT2D eigenvalue weighted by molar-refractivity contribution is -0.134. The molecule has 0 unspecified atom stereocenters. The van der Waals surface area contributed by atoms with Crippen molar-refractivity contribution in [3.63, 3.8) is 0 Å². The van der Waals surface area contributed by atoms with E-state index in [-0.39, 0.29) is 17.9 Å². The molecular weight excluding hydrogens is 344 g/mol. The molecular formula is C20H30N4O3. The number of likely N-dealkylation sites (tertiary alicyclic amines) is 1. The van der Waals surface area contributed by atoms with E-state index in [9.17, 15) is 9.59 Å². The van der Waals surface area contributed by atoms with Gasteiger partial charge in [-0.15, -0.1) is 0 Å². The lowest BCUT2D eigenvalue weighted by Gasteiger charge is -2.28. The Morgan fingerprint density at radius 2 is 2.11 bits per heavy atom. The van der Waals surface area contributed by atoms with Crippen LogP contribution in [-0.4, -0.2) is 50.9 Å². The zero-order valence-corrected chi connectivity index (χ0v) is 16.4. The second-order valence-corrected chi connectivity index (χ2v) is 8.53. The number of hydrogen-bond acceptors (Lipinski definition) is 5. The molecule has 1 aliphatic heterocycles. The number of carbonyl (C=O) groups excluding carboxylic acids is 2. The summed E-state index contributed by atoms with van der Waals surface area (Å²) in [6.07, 6.45) is 7.45. The monoisotopic (exact) mass is 374 g/mol. The Kier molecular flexibility index (Phi) is 5.19. The van der Waals surface area contributed by atoms with Gasteiger partial charge in [-0.3, -0.25) is 9.59 Å². The summed E-state index contributed by atoms with van der Waals surface area (Å²) in [6.45, 7) is 5.23. The highest BCUT2D eigenvalue weighted by Crippen LogP contribution is 2.49. The highest BCUT2D eigenvalue weighted by atomic mass is 16.5. The van der Waals surface area contributed by atoms with Gasteiger partial charge >= 0.3 is 0 Å². The average Bonchev–Trinajstić information content (AvgIpc) is 3.42.